The molecule has 0 aliphatic carbocycles. The fourth-order valence-corrected chi connectivity index (χ4v) is 6.74. The standard InChI is InChI=1S/C52H72N6O14/c1-33(59)47(65)71-35(3)43(61)51(5,6)69-29-13-9-11-27-53-49(67)57-41-23-15-37(16-24-41)31-55-45(63)39-19-21-40(22-20-39)46(64)56-32-38-17-25-42(26-18-38)58-50(68)54-28-12-10-14-30-70-52(7,8)44(62)36(4)72-48(66)34(2)60/h15-26,33-36,59-60H,9-14,27-32H2,1-8H3,(H,55,63)(H,56,64)(H2,53,57,67)(H2,54,58,68). The SMILES string of the molecule is CC(O)C(=O)OC(C)C(=O)C(C)(C)OCCCCCNC(=O)Nc1ccc(CNC(=O)c2ccc(C(=O)NCc3ccc(NC(=O)NCCCCCOC(C)(C)C(=O)C(C)OC(=O)C(C)O)cc3)cc2)cc1. The Morgan fingerprint density at radius 1 is 0.472 bits per heavy atom. The van der Waals surface area contributed by atoms with Gasteiger partial charge in [-0.15, -0.1) is 0 Å². The lowest BCUT2D eigenvalue weighted by molar-refractivity contribution is -0.168. The van der Waals surface area contributed by atoms with Crippen molar-refractivity contribution in [2.24, 2.45) is 0 Å². The van der Waals surface area contributed by atoms with Gasteiger partial charge in [0, 0.05) is 61.9 Å². The van der Waals surface area contributed by atoms with Crippen molar-refractivity contribution >= 4 is 58.8 Å². The zero-order valence-corrected chi connectivity index (χ0v) is 42.5. The predicted octanol–water partition coefficient (Wildman–Crippen LogP) is 5.48. The van der Waals surface area contributed by atoms with Crippen LogP contribution in [0.25, 0.3) is 0 Å². The van der Waals surface area contributed by atoms with Crippen LogP contribution in [0.5, 0.6) is 0 Å². The number of hydrogen-bond donors (Lipinski definition) is 8. The summed E-state index contributed by atoms with van der Waals surface area (Å²) in [7, 11) is 0. The van der Waals surface area contributed by atoms with Crippen LogP contribution in [0.3, 0.4) is 0 Å². The molecule has 4 unspecified atom stereocenters. The van der Waals surface area contributed by atoms with Gasteiger partial charge in [0.25, 0.3) is 11.8 Å². The van der Waals surface area contributed by atoms with Gasteiger partial charge in [-0.1, -0.05) is 24.3 Å². The third kappa shape index (κ3) is 21.3. The summed E-state index contributed by atoms with van der Waals surface area (Å²) in [5.74, 6) is -3.25. The van der Waals surface area contributed by atoms with Crippen LogP contribution in [-0.2, 0) is 51.2 Å². The summed E-state index contributed by atoms with van der Waals surface area (Å²) in [5.41, 5.74) is 1.12. The molecule has 8 N–H and O–H groups in total. The number of carbonyl (C=O) groups excluding carboxylic acids is 8. The van der Waals surface area contributed by atoms with Crippen molar-refractivity contribution in [1.29, 1.82) is 0 Å². The Kier molecular flexibility index (Phi) is 24.5. The van der Waals surface area contributed by atoms with Gasteiger partial charge in [-0.25, -0.2) is 19.2 Å². The number of amides is 6. The van der Waals surface area contributed by atoms with Gasteiger partial charge in [0.15, 0.2) is 12.2 Å². The van der Waals surface area contributed by atoms with E-state index in [2.05, 4.69) is 31.9 Å². The van der Waals surface area contributed by atoms with E-state index in [9.17, 15) is 48.6 Å². The summed E-state index contributed by atoms with van der Waals surface area (Å²) in [6.07, 6.45) is -0.689. The second kappa shape index (κ2) is 29.6. The van der Waals surface area contributed by atoms with Gasteiger partial charge in [0.05, 0.1) is 0 Å². The van der Waals surface area contributed by atoms with Gasteiger partial charge in [0.1, 0.15) is 23.4 Å². The van der Waals surface area contributed by atoms with Crippen LogP contribution in [0.4, 0.5) is 21.0 Å². The molecule has 0 fully saturated rings. The zero-order chi connectivity index (χ0) is 53.4. The van der Waals surface area contributed by atoms with Crippen molar-refractivity contribution in [3.63, 3.8) is 0 Å². The Labute approximate surface area is 421 Å². The minimum absolute atomic E-state index is 0.232. The van der Waals surface area contributed by atoms with Crippen LogP contribution < -0.4 is 31.9 Å². The Balaban J connectivity index is 1.27. The highest BCUT2D eigenvalue weighted by Crippen LogP contribution is 2.19. The van der Waals surface area contributed by atoms with Crippen LogP contribution >= 0.6 is 0 Å². The molecule has 0 bridgehead atoms. The maximum atomic E-state index is 12.9. The number of unbranched alkanes of at least 4 members (excludes halogenated alkanes) is 4. The van der Waals surface area contributed by atoms with E-state index in [0.29, 0.717) is 74.5 Å². The number of esters is 2. The number of Topliss-reactive ketones (excluding diaryl/α,β-unsaturated/α-hetero) is 2. The fraction of sp³-hybridized carbons (Fsp3) is 0.500. The Morgan fingerprint density at radius 2 is 0.806 bits per heavy atom. The summed E-state index contributed by atoms with van der Waals surface area (Å²) in [4.78, 5) is 99.0. The summed E-state index contributed by atoms with van der Waals surface area (Å²) in [6.45, 7) is 13.7. The van der Waals surface area contributed by atoms with Crippen molar-refractivity contribution in [3.8, 4) is 0 Å². The van der Waals surface area contributed by atoms with E-state index < -0.39 is 59.1 Å². The number of ketones is 2. The summed E-state index contributed by atoms with van der Waals surface area (Å²) in [5, 5.41) is 35.4. The molecule has 0 aliphatic rings. The number of carbonyl (C=O) groups is 8. The lowest BCUT2D eigenvalue weighted by atomic mass is 9.99. The number of benzene rings is 3. The van der Waals surface area contributed by atoms with E-state index in [1.165, 1.54) is 27.7 Å². The van der Waals surface area contributed by atoms with E-state index >= 15 is 0 Å². The number of aliphatic hydroxyl groups is 2. The molecule has 6 amide bonds. The van der Waals surface area contributed by atoms with Crippen LogP contribution in [0.1, 0.15) is 126 Å². The first-order valence-electron chi connectivity index (χ1n) is 24.1. The van der Waals surface area contributed by atoms with Gasteiger partial charge in [-0.05, 0) is 154 Å². The van der Waals surface area contributed by atoms with E-state index in [1.54, 1.807) is 100 Å². The number of ether oxygens (including phenoxy) is 4. The third-order valence-electron chi connectivity index (χ3n) is 11.1. The molecule has 0 aromatic heterocycles. The minimum atomic E-state index is -1.33. The molecule has 72 heavy (non-hydrogen) atoms. The number of anilines is 2. The monoisotopic (exact) mass is 1000 g/mol. The number of aliphatic hydroxyl groups excluding tert-OH is 2. The second-order valence-electron chi connectivity index (χ2n) is 18.2. The maximum absolute atomic E-state index is 12.9. The molecule has 3 rings (SSSR count). The molecule has 20 nitrogen and oxygen atoms in total. The van der Waals surface area contributed by atoms with Gasteiger partial charge in [-0.2, -0.15) is 0 Å². The Morgan fingerprint density at radius 3 is 1.12 bits per heavy atom. The van der Waals surface area contributed by atoms with Gasteiger partial charge in [-0.3, -0.25) is 19.2 Å². The van der Waals surface area contributed by atoms with Crippen LogP contribution in [-0.4, -0.2) is 120 Å². The lowest BCUT2D eigenvalue weighted by Crippen LogP contribution is -2.44. The average molecular weight is 1010 g/mol. The average Bonchev–Trinajstić information content (AvgIpc) is 3.34. The lowest BCUT2D eigenvalue weighted by Gasteiger charge is -2.27. The van der Waals surface area contributed by atoms with Crippen molar-refractivity contribution in [3.05, 3.63) is 95.1 Å². The minimum Gasteiger partial charge on any atom is -0.453 e. The molecule has 0 aliphatic heterocycles. The number of nitrogens with one attached hydrogen (secondary N) is 6. The van der Waals surface area contributed by atoms with E-state index in [0.717, 1.165) is 24.0 Å². The molecule has 0 saturated heterocycles. The molecule has 0 saturated carbocycles. The third-order valence-corrected chi connectivity index (χ3v) is 11.1. The van der Waals surface area contributed by atoms with Crippen molar-refractivity contribution in [2.45, 2.75) is 143 Å². The molecular weight excluding hydrogens is 933 g/mol. The van der Waals surface area contributed by atoms with Crippen molar-refractivity contribution in [2.75, 3.05) is 36.9 Å². The number of hydrogen-bond acceptors (Lipinski definition) is 14. The Bertz CT molecular complexity index is 2110. The second-order valence-corrected chi connectivity index (χ2v) is 18.2. The summed E-state index contributed by atoms with van der Waals surface area (Å²) >= 11 is 0. The predicted molar refractivity (Wildman–Crippen MR) is 268 cm³/mol. The van der Waals surface area contributed by atoms with Crippen LogP contribution in [0.2, 0.25) is 0 Å². The highest BCUT2D eigenvalue weighted by atomic mass is 16.6. The van der Waals surface area contributed by atoms with E-state index in [4.69, 9.17) is 18.9 Å². The number of rotatable bonds is 30. The van der Waals surface area contributed by atoms with Crippen LogP contribution in [0, 0.1) is 0 Å². The van der Waals surface area contributed by atoms with Gasteiger partial charge in [0.2, 0.25) is 11.6 Å². The fourth-order valence-electron chi connectivity index (χ4n) is 6.74. The molecule has 20 heteroatoms. The largest absolute Gasteiger partial charge is 0.453 e. The molecular formula is C52H72N6O14. The molecule has 3 aromatic carbocycles. The van der Waals surface area contributed by atoms with Crippen molar-refractivity contribution in [1.82, 2.24) is 21.3 Å². The molecule has 4 atom stereocenters. The summed E-state index contributed by atoms with van der Waals surface area (Å²) < 4.78 is 21.4. The Hall–Kier alpha value is -6.74. The van der Waals surface area contributed by atoms with E-state index in [1.807, 2.05) is 0 Å². The molecule has 0 spiro atoms. The van der Waals surface area contributed by atoms with Crippen molar-refractivity contribution < 1.29 is 67.5 Å². The first-order chi connectivity index (χ1) is 34.0. The normalized spacial score (nSPS) is 13.0. The zero-order valence-electron chi connectivity index (χ0n) is 42.5. The highest BCUT2D eigenvalue weighted by molar-refractivity contribution is 5.98. The van der Waals surface area contributed by atoms with Gasteiger partial charge >= 0.3 is 24.0 Å². The molecule has 394 valence electrons. The molecule has 0 heterocycles. The van der Waals surface area contributed by atoms with Gasteiger partial charge < -0.3 is 61.1 Å². The first-order valence-corrected chi connectivity index (χ1v) is 24.1. The molecule has 3 aromatic rings. The highest BCUT2D eigenvalue weighted by Gasteiger charge is 2.36. The van der Waals surface area contributed by atoms with E-state index in [-0.39, 0.29) is 37.0 Å². The smallest absolute Gasteiger partial charge is 0.335 e. The van der Waals surface area contributed by atoms with Crippen LogP contribution in [0.15, 0.2) is 72.8 Å². The number of urea groups is 2. The first kappa shape index (κ1) is 59.6. The summed E-state index contributed by atoms with van der Waals surface area (Å²) in [6, 6.07) is 19.5. The maximum Gasteiger partial charge on any atom is 0.335 e. The molecule has 0 radical (unpaired) electrons. The quantitative estimate of drug-likeness (QED) is 0.0303. The topological polar surface area (TPSA) is 286 Å².